The van der Waals surface area contributed by atoms with Gasteiger partial charge in [0, 0.05) is 5.69 Å². The van der Waals surface area contributed by atoms with E-state index in [4.69, 9.17) is 10.5 Å². The molecule has 2 rings (SSSR count). The molecule has 0 aromatic heterocycles. The molecule has 94 valence electrons. The summed E-state index contributed by atoms with van der Waals surface area (Å²) in [6.45, 7) is 2.31. The lowest BCUT2D eigenvalue weighted by Gasteiger charge is -2.11. The van der Waals surface area contributed by atoms with Crippen molar-refractivity contribution in [3.8, 4) is 11.5 Å². The summed E-state index contributed by atoms with van der Waals surface area (Å²) in [5.74, 6) is 0.441. The molecule has 0 heterocycles. The highest BCUT2D eigenvalue weighted by Gasteiger charge is 2.05. The maximum Gasteiger partial charge on any atom is 0.165 e. The van der Waals surface area contributed by atoms with Gasteiger partial charge in [-0.15, -0.1) is 0 Å². The third-order valence-electron chi connectivity index (χ3n) is 2.55. The van der Waals surface area contributed by atoms with E-state index >= 15 is 0 Å². The topological polar surface area (TPSA) is 47.3 Å². The highest BCUT2D eigenvalue weighted by molar-refractivity contribution is 5.54. The summed E-state index contributed by atoms with van der Waals surface area (Å²) < 4.78 is 18.9. The maximum atomic E-state index is 13.4. The van der Waals surface area contributed by atoms with Crippen LogP contribution in [-0.2, 0) is 0 Å². The predicted octanol–water partition coefficient (Wildman–Crippen LogP) is 3.25. The fourth-order valence-corrected chi connectivity index (χ4v) is 1.66. The first-order valence-electron chi connectivity index (χ1n) is 5.67. The van der Waals surface area contributed by atoms with Gasteiger partial charge in [-0.1, -0.05) is 12.1 Å². The molecule has 0 aliphatic heterocycles. The second-order valence-electron chi connectivity index (χ2n) is 3.89. The molecular formula is C14H15FN2O. The first-order valence-corrected chi connectivity index (χ1v) is 5.67. The molecule has 0 fully saturated rings. The number of nitrogens with two attached hydrogens (primary N) is 1. The summed E-state index contributed by atoms with van der Waals surface area (Å²) in [6.07, 6.45) is 0. The number of nitrogens with one attached hydrogen (secondary N) is 1. The quantitative estimate of drug-likeness (QED) is 0.814. The largest absolute Gasteiger partial charge is 0.454 e. The van der Waals surface area contributed by atoms with Crippen LogP contribution in [0.25, 0.3) is 0 Å². The molecule has 0 spiro atoms. The predicted molar refractivity (Wildman–Crippen MR) is 70.3 cm³/mol. The lowest BCUT2D eigenvalue weighted by molar-refractivity contribution is 0.442. The van der Waals surface area contributed by atoms with E-state index < -0.39 is 0 Å². The molecule has 0 saturated heterocycles. The van der Waals surface area contributed by atoms with Gasteiger partial charge in [0.25, 0.3) is 0 Å². The lowest BCUT2D eigenvalue weighted by Crippen LogP contribution is -2.11. The molecule has 18 heavy (non-hydrogen) atoms. The Morgan fingerprint density at radius 2 is 2.00 bits per heavy atom. The highest BCUT2D eigenvalue weighted by atomic mass is 19.1. The minimum absolute atomic E-state index is 0.219. The van der Waals surface area contributed by atoms with Crippen molar-refractivity contribution in [2.24, 2.45) is 5.73 Å². The number of halogens is 1. The van der Waals surface area contributed by atoms with Gasteiger partial charge in [0.2, 0.25) is 0 Å². The Bertz CT molecular complexity index is 543. The van der Waals surface area contributed by atoms with Crippen LogP contribution < -0.4 is 15.8 Å². The molecule has 0 radical (unpaired) electrons. The Kier molecular flexibility index (Phi) is 3.79. The normalized spacial score (nSPS) is 10.2. The Labute approximate surface area is 105 Å². The fourth-order valence-electron chi connectivity index (χ4n) is 1.66. The van der Waals surface area contributed by atoms with Crippen LogP contribution in [0.3, 0.4) is 0 Å². The third kappa shape index (κ3) is 2.78. The second-order valence-corrected chi connectivity index (χ2v) is 3.89. The van der Waals surface area contributed by atoms with Crippen LogP contribution in [0.5, 0.6) is 11.5 Å². The first-order chi connectivity index (χ1) is 8.70. The zero-order valence-corrected chi connectivity index (χ0v) is 10.1. The number of rotatable bonds is 4. The van der Waals surface area contributed by atoms with Gasteiger partial charge >= 0.3 is 0 Å². The summed E-state index contributed by atoms with van der Waals surface area (Å²) in [5.41, 5.74) is 7.36. The minimum Gasteiger partial charge on any atom is -0.454 e. The van der Waals surface area contributed by atoms with Gasteiger partial charge in [0.1, 0.15) is 5.75 Å². The molecular weight excluding hydrogens is 231 g/mol. The Morgan fingerprint density at radius 1 is 1.22 bits per heavy atom. The van der Waals surface area contributed by atoms with E-state index in [2.05, 4.69) is 5.32 Å². The Balaban J connectivity index is 2.20. The van der Waals surface area contributed by atoms with Crippen molar-refractivity contribution in [1.29, 1.82) is 0 Å². The summed E-state index contributed by atoms with van der Waals surface area (Å²) in [7, 11) is 0. The minimum atomic E-state index is -0.376. The number of hydrogen-bond acceptors (Lipinski definition) is 3. The molecule has 3 N–H and O–H groups in total. The number of anilines is 1. The Hall–Kier alpha value is -2.07. The van der Waals surface area contributed by atoms with Crippen LogP contribution >= 0.6 is 0 Å². The molecule has 0 saturated carbocycles. The third-order valence-corrected chi connectivity index (χ3v) is 2.55. The lowest BCUT2D eigenvalue weighted by atomic mass is 10.2. The van der Waals surface area contributed by atoms with Crippen LogP contribution in [0.1, 0.15) is 5.56 Å². The maximum absolute atomic E-state index is 13.4. The van der Waals surface area contributed by atoms with Gasteiger partial charge in [-0.3, -0.25) is 0 Å². The number of benzene rings is 2. The van der Waals surface area contributed by atoms with Crippen LogP contribution in [0.2, 0.25) is 0 Å². The number of aryl methyl sites for hydroxylation is 1. The molecule has 0 bridgehead atoms. The van der Waals surface area contributed by atoms with E-state index in [0.717, 1.165) is 11.3 Å². The smallest absolute Gasteiger partial charge is 0.165 e. The van der Waals surface area contributed by atoms with E-state index in [1.165, 1.54) is 6.07 Å². The molecule has 0 aliphatic rings. The SMILES string of the molecule is Cc1cc(Oc2ccccc2F)ccc1NCN. The Morgan fingerprint density at radius 3 is 2.67 bits per heavy atom. The van der Waals surface area contributed by atoms with Crippen molar-refractivity contribution in [3.63, 3.8) is 0 Å². The van der Waals surface area contributed by atoms with Crippen LogP contribution in [-0.4, -0.2) is 6.67 Å². The van der Waals surface area contributed by atoms with Crippen molar-refractivity contribution in [3.05, 3.63) is 53.8 Å². The van der Waals surface area contributed by atoms with Crippen molar-refractivity contribution in [2.45, 2.75) is 6.92 Å². The number of para-hydroxylation sites is 1. The fraction of sp³-hybridized carbons (Fsp3) is 0.143. The zero-order chi connectivity index (χ0) is 13.0. The zero-order valence-electron chi connectivity index (χ0n) is 10.1. The highest BCUT2D eigenvalue weighted by Crippen LogP contribution is 2.27. The van der Waals surface area contributed by atoms with Crippen molar-refractivity contribution in [1.82, 2.24) is 0 Å². The summed E-state index contributed by atoms with van der Waals surface area (Å²) in [4.78, 5) is 0. The molecule has 0 atom stereocenters. The van der Waals surface area contributed by atoms with E-state index in [9.17, 15) is 4.39 Å². The summed E-state index contributed by atoms with van der Waals surface area (Å²) >= 11 is 0. The van der Waals surface area contributed by atoms with Crippen LogP contribution in [0.4, 0.5) is 10.1 Å². The van der Waals surface area contributed by atoms with E-state index in [1.807, 2.05) is 19.1 Å². The van der Waals surface area contributed by atoms with Gasteiger partial charge in [-0.25, -0.2) is 4.39 Å². The molecule has 0 aliphatic carbocycles. The average molecular weight is 246 g/mol. The average Bonchev–Trinajstić information content (AvgIpc) is 2.36. The van der Waals surface area contributed by atoms with Gasteiger partial charge < -0.3 is 15.8 Å². The molecule has 0 amide bonds. The van der Waals surface area contributed by atoms with Crippen molar-refractivity contribution >= 4 is 5.69 Å². The molecule has 2 aromatic rings. The molecule has 0 unspecified atom stereocenters. The molecule has 4 heteroatoms. The molecule has 2 aromatic carbocycles. The van der Waals surface area contributed by atoms with Gasteiger partial charge in [-0.2, -0.15) is 0 Å². The van der Waals surface area contributed by atoms with Crippen LogP contribution in [0, 0.1) is 12.7 Å². The standard InChI is InChI=1S/C14H15FN2O/c1-10-8-11(6-7-13(10)17-9-16)18-14-5-3-2-4-12(14)15/h2-8,17H,9,16H2,1H3. The number of hydrogen-bond donors (Lipinski definition) is 2. The summed E-state index contributed by atoms with van der Waals surface area (Å²) in [6, 6.07) is 11.8. The van der Waals surface area contributed by atoms with Crippen molar-refractivity contribution in [2.75, 3.05) is 12.0 Å². The van der Waals surface area contributed by atoms with Gasteiger partial charge in [0.15, 0.2) is 11.6 Å². The van der Waals surface area contributed by atoms with Gasteiger partial charge in [-0.05, 0) is 42.8 Å². The number of ether oxygens (including phenoxy) is 1. The van der Waals surface area contributed by atoms with Crippen molar-refractivity contribution < 1.29 is 9.13 Å². The second kappa shape index (κ2) is 5.51. The molecule has 3 nitrogen and oxygen atoms in total. The monoisotopic (exact) mass is 246 g/mol. The first kappa shape index (κ1) is 12.4. The van der Waals surface area contributed by atoms with E-state index in [-0.39, 0.29) is 11.6 Å². The van der Waals surface area contributed by atoms with E-state index in [1.54, 1.807) is 24.3 Å². The van der Waals surface area contributed by atoms with Crippen LogP contribution in [0.15, 0.2) is 42.5 Å². The van der Waals surface area contributed by atoms with E-state index in [0.29, 0.717) is 12.4 Å². The summed E-state index contributed by atoms with van der Waals surface area (Å²) in [5, 5.41) is 3.03. The van der Waals surface area contributed by atoms with Gasteiger partial charge in [0.05, 0.1) is 6.67 Å².